The molecule has 2 atom stereocenters. The first-order valence-electron chi connectivity index (χ1n) is 10.3. The third kappa shape index (κ3) is 4.58. The number of rotatable bonds is 5. The Kier molecular flexibility index (Phi) is 5.79. The SMILES string of the molecule is O=C(NC1CC2CCC(C1)N2C(=O)NCCc1ccccc1)c1ccc(F)cc1. The smallest absolute Gasteiger partial charge is 0.317 e. The second-order valence-electron chi connectivity index (χ2n) is 7.91. The molecule has 2 fully saturated rings. The van der Waals surface area contributed by atoms with E-state index in [1.54, 1.807) is 0 Å². The number of urea groups is 1. The van der Waals surface area contributed by atoms with Crippen molar-refractivity contribution in [1.82, 2.24) is 15.5 Å². The first-order chi connectivity index (χ1) is 14.1. The van der Waals surface area contributed by atoms with E-state index in [9.17, 15) is 14.0 Å². The van der Waals surface area contributed by atoms with Gasteiger partial charge in [-0.15, -0.1) is 0 Å². The second-order valence-corrected chi connectivity index (χ2v) is 7.91. The lowest BCUT2D eigenvalue weighted by Crippen LogP contribution is -2.55. The van der Waals surface area contributed by atoms with E-state index in [2.05, 4.69) is 22.8 Å². The molecule has 2 unspecified atom stereocenters. The van der Waals surface area contributed by atoms with E-state index in [0.717, 1.165) is 32.1 Å². The molecule has 2 saturated heterocycles. The molecule has 6 heteroatoms. The molecule has 3 amide bonds. The highest BCUT2D eigenvalue weighted by Gasteiger charge is 2.43. The molecular weight excluding hydrogens is 369 g/mol. The van der Waals surface area contributed by atoms with E-state index in [1.807, 2.05) is 23.1 Å². The van der Waals surface area contributed by atoms with Crippen molar-refractivity contribution in [3.8, 4) is 0 Å². The molecule has 0 saturated carbocycles. The van der Waals surface area contributed by atoms with Gasteiger partial charge in [0.1, 0.15) is 5.82 Å². The van der Waals surface area contributed by atoms with Crippen LogP contribution in [0.25, 0.3) is 0 Å². The Balaban J connectivity index is 1.28. The molecule has 2 aliphatic rings. The van der Waals surface area contributed by atoms with Gasteiger partial charge in [-0.05, 0) is 61.9 Å². The summed E-state index contributed by atoms with van der Waals surface area (Å²) in [6, 6.07) is 16.0. The van der Waals surface area contributed by atoms with Gasteiger partial charge in [0.15, 0.2) is 0 Å². The van der Waals surface area contributed by atoms with Crippen molar-refractivity contribution in [2.45, 2.75) is 50.2 Å². The Bertz CT molecular complexity index is 842. The van der Waals surface area contributed by atoms with Crippen LogP contribution in [-0.2, 0) is 6.42 Å². The van der Waals surface area contributed by atoms with Gasteiger partial charge in [-0.2, -0.15) is 0 Å². The van der Waals surface area contributed by atoms with Crippen LogP contribution >= 0.6 is 0 Å². The number of hydrogen-bond donors (Lipinski definition) is 2. The van der Waals surface area contributed by atoms with Gasteiger partial charge in [-0.1, -0.05) is 30.3 Å². The minimum Gasteiger partial charge on any atom is -0.349 e. The van der Waals surface area contributed by atoms with Crippen LogP contribution in [0.5, 0.6) is 0 Å². The quantitative estimate of drug-likeness (QED) is 0.814. The number of hydrogen-bond acceptors (Lipinski definition) is 2. The first kappa shape index (κ1) is 19.4. The van der Waals surface area contributed by atoms with E-state index >= 15 is 0 Å². The minimum atomic E-state index is -0.355. The Morgan fingerprint density at radius 3 is 2.28 bits per heavy atom. The highest BCUT2D eigenvalue weighted by molar-refractivity contribution is 5.94. The molecule has 0 spiro atoms. The summed E-state index contributed by atoms with van der Waals surface area (Å²) in [5.41, 5.74) is 1.66. The molecule has 29 heavy (non-hydrogen) atoms. The monoisotopic (exact) mass is 395 g/mol. The Labute approximate surface area is 170 Å². The molecule has 2 bridgehead atoms. The Morgan fingerprint density at radius 2 is 1.62 bits per heavy atom. The van der Waals surface area contributed by atoms with E-state index in [-0.39, 0.29) is 35.9 Å². The lowest BCUT2D eigenvalue weighted by atomic mass is 9.97. The van der Waals surface area contributed by atoms with Gasteiger partial charge in [-0.3, -0.25) is 4.79 Å². The normalized spacial score (nSPS) is 22.9. The number of fused-ring (bicyclic) bond motifs is 2. The summed E-state index contributed by atoms with van der Waals surface area (Å²) in [5, 5.41) is 6.11. The van der Waals surface area contributed by atoms with Crippen molar-refractivity contribution in [2.75, 3.05) is 6.54 Å². The van der Waals surface area contributed by atoms with Crippen LogP contribution in [0.15, 0.2) is 54.6 Å². The number of halogens is 1. The van der Waals surface area contributed by atoms with Crippen molar-refractivity contribution in [3.05, 3.63) is 71.5 Å². The maximum Gasteiger partial charge on any atom is 0.317 e. The van der Waals surface area contributed by atoms with Crippen molar-refractivity contribution in [1.29, 1.82) is 0 Å². The number of carbonyl (C=O) groups is 2. The van der Waals surface area contributed by atoms with Crippen molar-refractivity contribution < 1.29 is 14.0 Å². The first-order valence-corrected chi connectivity index (χ1v) is 10.3. The van der Waals surface area contributed by atoms with Gasteiger partial charge in [-0.25, -0.2) is 9.18 Å². The summed E-state index contributed by atoms with van der Waals surface area (Å²) < 4.78 is 13.0. The predicted molar refractivity (Wildman–Crippen MR) is 109 cm³/mol. The van der Waals surface area contributed by atoms with Crippen LogP contribution in [0.2, 0.25) is 0 Å². The number of nitrogens with zero attached hydrogens (tertiary/aromatic N) is 1. The van der Waals surface area contributed by atoms with E-state index < -0.39 is 0 Å². The highest BCUT2D eigenvalue weighted by atomic mass is 19.1. The van der Waals surface area contributed by atoms with Gasteiger partial charge in [0, 0.05) is 30.2 Å². The molecule has 2 aliphatic heterocycles. The molecule has 2 heterocycles. The highest BCUT2D eigenvalue weighted by Crippen LogP contribution is 2.35. The topological polar surface area (TPSA) is 61.4 Å². The third-order valence-electron chi connectivity index (χ3n) is 5.94. The number of piperidine rings is 1. The molecule has 0 aliphatic carbocycles. The number of nitrogens with one attached hydrogen (secondary N) is 2. The minimum absolute atomic E-state index is 0.00302. The zero-order valence-corrected chi connectivity index (χ0v) is 16.3. The number of benzene rings is 2. The van der Waals surface area contributed by atoms with Gasteiger partial charge >= 0.3 is 6.03 Å². The summed E-state index contributed by atoms with van der Waals surface area (Å²) in [7, 11) is 0. The predicted octanol–water partition coefficient (Wildman–Crippen LogP) is 3.50. The van der Waals surface area contributed by atoms with Gasteiger partial charge in [0.25, 0.3) is 5.91 Å². The van der Waals surface area contributed by atoms with Crippen LogP contribution in [0.3, 0.4) is 0 Å². The summed E-state index contributed by atoms with van der Waals surface area (Å²) >= 11 is 0. The van der Waals surface area contributed by atoms with Crippen LogP contribution < -0.4 is 10.6 Å². The maximum absolute atomic E-state index is 13.0. The van der Waals surface area contributed by atoms with Crippen LogP contribution in [0.1, 0.15) is 41.6 Å². The van der Waals surface area contributed by atoms with Crippen LogP contribution in [0, 0.1) is 5.82 Å². The fourth-order valence-electron chi connectivity index (χ4n) is 4.55. The largest absolute Gasteiger partial charge is 0.349 e. The van der Waals surface area contributed by atoms with Crippen LogP contribution in [0.4, 0.5) is 9.18 Å². The zero-order valence-electron chi connectivity index (χ0n) is 16.3. The second kappa shape index (κ2) is 8.64. The number of carbonyl (C=O) groups excluding carboxylic acids is 2. The fraction of sp³-hybridized carbons (Fsp3) is 0.391. The maximum atomic E-state index is 13.0. The molecule has 2 N–H and O–H groups in total. The molecule has 2 aromatic carbocycles. The summed E-state index contributed by atoms with van der Waals surface area (Å²) in [6.07, 6.45) is 4.27. The van der Waals surface area contributed by atoms with E-state index in [0.29, 0.717) is 12.1 Å². The van der Waals surface area contributed by atoms with Crippen LogP contribution in [-0.4, -0.2) is 41.5 Å². The van der Waals surface area contributed by atoms with Crippen molar-refractivity contribution in [2.24, 2.45) is 0 Å². The van der Waals surface area contributed by atoms with Crippen molar-refractivity contribution >= 4 is 11.9 Å². The molecule has 4 rings (SSSR count). The Hall–Kier alpha value is -2.89. The summed E-state index contributed by atoms with van der Waals surface area (Å²) in [6.45, 7) is 0.615. The van der Waals surface area contributed by atoms with Gasteiger partial charge in [0.2, 0.25) is 0 Å². The lowest BCUT2D eigenvalue weighted by Gasteiger charge is -2.39. The fourth-order valence-corrected chi connectivity index (χ4v) is 4.55. The average molecular weight is 395 g/mol. The zero-order chi connectivity index (χ0) is 20.2. The average Bonchev–Trinajstić information content (AvgIpc) is 3.00. The molecular formula is C23H26FN3O2. The molecule has 152 valence electrons. The standard InChI is InChI=1S/C23H26FN3O2/c24-18-8-6-17(7-9-18)22(28)26-19-14-20-10-11-21(15-19)27(20)23(29)25-13-12-16-4-2-1-3-5-16/h1-9,19-21H,10-15H2,(H,25,29)(H,26,28). The summed E-state index contributed by atoms with van der Waals surface area (Å²) in [5.74, 6) is -0.540. The molecule has 0 radical (unpaired) electrons. The third-order valence-corrected chi connectivity index (χ3v) is 5.94. The van der Waals surface area contributed by atoms with Gasteiger partial charge < -0.3 is 15.5 Å². The van der Waals surface area contributed by atoms with E-state index in [1.165, 1.54) is 29.8 Å². The molecule has 2 aromatic rings. The number of amides is 3. The van der Waals surface area contributed by atoms with Crippen molar-refractivity contribution in [3.63, 3.8) is 0 Å². The lowest BCUT2D eigenvalue weighted by molar-refractivity contribution is 0.0885. The Morgan fingerprint density at radius 1 is 0.966 bits per heavy atom. The summed E-state index contributed by atoms with van der Waals surface area (Å²) in [4.78, 5) is 27.1. The molecule has 5 nitrogen and oxygen atoms in total. The molecule has 0 aromatic heterocycles. The van der Waals surface area contributed by atoms with Gasteiger partial charge in [0.05, 0.1) is 0 Å². The van der Waals surface area contributed by atoms with E-state index in [4.69, 9.17) is 0 Å².